The van der Waals surface area contributed by atoms with Gasteiger partial charge < -0.3 is 5.32 Å². The quantitative estimate of drug-likeness (QED) is 0.905. The lowest BCUT2D eigenvalue weighted by molar-refractivity contribution is -0.117. The van der Waals surface area contributed by atoms with Gasteiger partial charge in [0, 0.05) is 13.1 Å². The standard InChI is InChI=1S/C12H15ClN2O3S/c13-10-3-1-2-4-11(10)14-12(16)9-15-5-7-19(17,18)8-6-15/h1-4H,5-9H2,(H,14,16). The summed E-state index contributed by atoms with van der Waals surface area (Å²) in [6, 6.07) is 6.99. The number of carbonyl (C=O) groups excluding carboxylic acids is 1. The summed E-state index contributed by atoms with van der Waals surface area (Å²) < 4.78 is 22.5. The SMILES string of the molecule is O=C(CN1CCS(=O)(=O)CC1)Nc1ccccc1Cl. The Hall–Kier alpha value is -1.11. The van der Waals surface area contributed by atoms with Crippen molar-refractivity contribution in [1.29, 1.82) is 0 Å². The molecule has 5 nitrogen and oxygen atoms in total. The van der Waals surface area contributed by atoms with Crippen LogP contribution in [0.4, 0.5) is 5.69 Å². The van der Waals surface area contributed by atoms with Crippen molar-refractivity contribution in [3.05, 3.63) is 29.3 Å². The fraction of sp³-hybridized carbons (Fsp3) is 0.417. The number of sulfone groups is 1. The van der Waals surface area contributed by atoms with Crippen LogP contribution >= 0.6 is 11.6 Å². The molecule has 1 aromatic carbocycles. The summed E-state index contributed by atoms with van der Waals surface area (Å²) in [5.74, 6) is 0.0473. The van der Waals surface area contributed by atoms with Crippen LogP contribution in [0, 0.1) is 0 Å². The van der Waals surface area contributed by atoms with E-state index in [9.17, 15) is 13.2 Å². The Morgan fingerprint density at radius 1 is 1.26 bits per heavy atom. The highest BCUT2D eigenvalue weighted by atomic mass is 35.5. The second-order valence-corrected chi connectivity index (χ2v) is 7.17. The van der Waals surface area contributed by atoms with E-state index < -0.39 is 9.84 Å². The third-order valence-corrected chi connectivity index (χ3v) is 4.89. The molecule has 1 saturated heterocycles. The molecule has 1 aliphatic rings. The Kier molecular flexibility index (Phi) is 4.44. The van der Waals surface area contributed by atoms with Crippen molar-refractivity contribution in [2.45, 2.75) is 0 Å². The van der Waals surface area contributed by atoms with E-state index in [-0.39, 0.29) is 24.0 Å². The van der Waals surface area contributed by atoms with Gasteiger partial charge in [0.05, 0.1) is 28.8 Å². The first-order valence-corrected chi connectivity index (χ1v) is 8.13. The molecule has 0 saturated carbocycles. The van der Waals surface area contributed by atoms with Gasteiger partial charge in [-0.2, -0.15) is 0 Å². The van der Waals surface area contributed by atoms with Gasteiger partial charge in [-0.15, -0.1) is 0 Å². The van der Waals surface area contributed by atoms with E-state index in [1.54, 1.807) is 24.3 Å². The van der Waals surface area contributed by atoms with Gasteiger partial charge >= 0.3 is 0 Å². The number of hydrogen-bond donors (Lipinski definition) is 1. The van der Waals surface area contributed by atoms with Crippen LogP contribution in [0.5, 0.6) is 0 Å². The van der Waals surface area contributed by atoms with Gasteiger partial charge in [0.2, 0.25) is 5.91 Å². The van der Waals surface area contributed by atoms with Crippen molar-refractivity contribution in [1.82, 2.24) is 4.90 Å². The molecule has 1 fully saturated rings. The minimum atomic E-state index is -2.91. The van der Waals surface area contributed by atoms with E-state index in [0.29, 0.717) is 23.8 Å². The molecule has 104 valence electrons. The second kappa shape index (κ2) is 5.90. The second-order valence-electron chi connectivity index (χ2n) is 4.46. The molecule has 1 heterocycles. The zero-order chi connectivity index (χ0) is 13.9. The van der Waals surface area contributed by atoms with Crippen LogP contribution in [-0.2, 0) is 14.6 Å². The number of nitrogens with one attached hydrogen (secondary N) is 1. The highest BCUT2D eigenvalue weighted by molar-refractivity contribution is 7.91. The Bertz CT molecular complexity index is 560. The maximum absolute atomic E-state index is 11.8. The summed E-state index contributed by atoms with van der Waals surface area (Å²) in [6.45, 7) is 0.983. The molecule has 0 unspecified atom stereocenters. The smallest absolute Gasteiger partial charge is 0.238 e. The molecule has 0 spiro atoms. The summed E-state index contributed by atoms with van der Waals surface area (Å²) >= 11 is 5.94. The lowest BCUT2D eigenvalue weighted by atomic mass is 10.3. The first-order chi connectivity index (χ1) is 8.96. The molecule has 1 aromatic rings. The Balaban J connectivity index is 1.87. The summed E-state index contributed by atoms with van der Waals surface area (Å²) in [6.07, 6.45) is 0. The third-order valence-electron chi connectivity index (χ3n) is 2.95. The minimum Gasteiger partial charge on any atom is -0.324 e. The average molecular weight is 303 g/mol. The normalized spacial score (nSPS) is 19.0. The summed E-state index contributed by atoms with van der Waals surface area (Å²) in [4.78, 5) is 13.7. The molecule has 0 aliphatic carbocycles. The molecular formula is C12H15ClN2O3S. The van der Waals surface area contributed by atoms with E-state index in [2.05, 4.69) is 5.32 Å². The highest BCUT2D eigenvalue weighted by Gasteiger charge is 2.23. The largest absolute Gasteiger partial charge is 0.324 e. The first kappa shape index (κ1) is 14.3. The molecule has 0 radical (unpaired) electrons. The minimum absolute atomic E-state index is 0.117. The molecule has 0 atom stereocenters. The van der Waals surface area contributed by atoms with E-state index in [1.807, 2.05) is 4.90 Å². The number of anilines is 1. The molecular weight excluding hydrogens is 288 g/mol. The van der Waals surface area contributed by atoms with Gasteiger partial charge in [-0.1, -0.05) is 23.7 Å². The molecule has 1 amide bonds. The molecule has 0 bridgehead atoms. The van der Waals surface area contributed by atoms with Crippen LogP contribution in [0.15, 0.2) is 24.3 Å². The van der Waals surface area contributed by atoms with Gasteiger partial charge in [-0.05, 0) is 12.1 Å². The highest BCUT2D eigenvalue weighted by Crippen LogP contribution is 2.20. The number of carbonyl (C=O) groups is 1. The molecule has 2 rings (SSSR count). The predicted molar refractivity (Wildman–Crippen MR) is 75.2 cm³/mol. The van der Waals surface area contributed by atoms with Crippen LogP contribution in [0.25, 0.3) is 0 Å². The lowest BCUT2D eigenvalue weighted by Gasteiger charge is -2.25. The maximum atomic E-state index is 11.8. The van der Waals surface area contributed by atoms with Crippen molar-refractivity contribution in [2.24, 2.45) is 0 Å². The third kappa shape index (κ3) is 4.19. The van der Waals surface area contributed by atoms with Crippen LogP contribution in [0.2, 0.25) is 5.02 Å². The summed E-state index contributed by atoms with van der Waals surface area (Å²) in [7, 11) is -2.91. The monoisotopic (exact) mass is 302 g/mol. The Morgan fingerprint density at radius 2 is 1.89 bits per heavy atom. The number of rotatable bonds is 3. The van der Waals surface area contributed by atoms with Crippen LogP contribution in [-0.4, -0.2) is 50.4 Å². The van der Waals surface area contributed by atoms with Gasteiger partial charge in [0.15, 0.2) is 9.84 Å². The van der Waals surface area contributed by atoms with Crippen molar-refractivity contribution < 1.29 is 13.2 Å². The van der Waals surface area contributed by atoms with Crippen LogP contribution in [0.1, 0.15) is 0 Å². The fourth-order valence-electron chi connectivity index (χ4n) is 1.86. The Labute approximate surface area is 117 Å². The first-order valence-electron chi connectivity index (χ1n) is 5.93. The number of benzene rings is 1. The zero-order valence-corrected chi connectivity index (χ0v) is 11.9. The predicted octanol–water partition coefficient (Wildman–Crippen LogP) is 1.01. The molecule has 7 heteroatoms. The van der Waals surface area contributed by atoms with Crippen molar-refractivity contribution in [3.8, 4) is 0 Å². The van der Waals surface area contributed by atoms with Crippen molar-refractivity contribution in [2.75, 3.05) is 36.5 Å². The zero-order valence-electron chi connectivity index (χ0n) is 10.3. The number of halogens is 1. The molecule has 1 N–H and O–H groups in total. The van der Waals surface area contributed by atoms with E-state index in [4.69, 9.17) is 11.6 Å². The van der Waals surface area contributed by atoms with Crippen LogP contribution in [0.3, 0.4) is 0 Å². The van der Waals surface area contributed by atoms with Gasteiger partial charge in [-0.3, -0.25) is 9.69 Å². The van der Waals surface area contributed by atoms with Gasteiger partial charge in [-0.25, -0.2) is 8.42 Å². The Morgan fingerprint density at radius 3 is 2.53 bits per heavy atom. The average Bonchev–Trinajstić information content (AvgIpc) is 2.35. The summed E-state index contributed by atoms with van der Waals surface area (Å²) in [5, 5.41) is 3.20. The van der Waals surface area contributed by atoms with E-state index in [0.717, 1.165) is 0 Å². The molecule has 0 aromatic heterocycles. The number of hydrogen-bond acceptors (Lipinski definition) is 4. The van der Waals surface area contributed by atoms with Gasteiger partial charge in [0.25, 0.3) is 0 Å². The molecule has 1 aliphatic heterocycles. The summed E-state index contributed by atoms with van der Waals surface area (Å²) in [5.41, 5.74) is 0.568. The lowest BCUT2D eigenvalue weighted by Crippen LogP contribution is -2.43. The van der Waals surface area contributed by atoms with E-state index >= 15 is 0 Å². The fourth-order valence-corrected chi connectivity index (χ4v) is 3.32. The maximum Gasteiger partial charge on any atom is 0.238 e. The van der Waals surface area contributed by atoms with E-state index in [1.165, 1.54) is 0 Å². The topological polar surface area (TPSA) is 66.5 Å². The van der Waals surface area contributed by atoms with Crippen molar-refractivity contribution in [3.63, 3.8) is 0 Å². The van der Waals surface area contributed by atoms with Crippen molar-refractivity contribution >= 4 is 33.0 Å². The number of para-hydroxylation sites is 1. The van der Waals surface area contributed by atoms with Gasteiger partial charge in [0.1, 0.15) is 0 Å². The number of amides is 1. The number of nitrogens with zero attached hydrogens (tertiary/aromatic N) is 1. The van der Waals surface area contributed by atoms with Crippen LogP contribution < -0.4 is 5.32 Å². The molecule has 19 heavy (non-hydrogen) atoms.